The molecule has 24 heavy (non-hydrogen) atoms. The first kappa shape index (κ1) is 14.7. The number of aliphatic imine (C=N–C) groups is 1. The van der Waals surface area contributed by atoms with E-state index in [1.165, 1.54) is 4.68 Å². The predicted octanol–water partition coefficient (Wildman–Crippen LogP) is 4.38. The van der Waals surface area contributed by atoms with E-state index in [4.69, 9.17) is 11.6 Å². The van der Waals surface area contributed by atoms with Crippen molar-refractivity contribution in [1.82, 2.24) is 9.78 Å². The molecule has 0 unspecified atom stereocenters. The van der Waals surface area contributed by atoms with E-state index in [2.05, 4.69) is 10.1 Å². The Morgan fingerprint density at radius 1 is 1.17 bits per heavy atom. The Hall–Kier alpha value is -2.85. The van der Waals surface area contributed by atoms with Gasteiger partial charge in [-0.15, -0.1) is 0 Å². The van der Waals surface area contributed by atoms with Crippen LogP contribution in [0.3, 0.4) is 0 Å². The molecule has 0 amide bonds. The first-order valence-corrected chi connectivity index (χ1v) is 7.94. The molecule has 0 saturated heterocycles. The van der Waals surface area contributed by atoms with E-state index in [-0.39, 0.29) is 5.56 Å². The lowest BCUT2D eigenvalue weighted by Gasteiger charge is -2.01. The highest BCUT2D eigenvalue weighted by molar-refractivity contribution is 6.30. The van der Waals surface area contributed by atoms with Crippen LogP contribution in [0.25, 0.3) is 17.3 Å². The van der Waals surface area contributed by atoms with Crippen LogP contribution >= 0.6 is 11.6 Å². The minimum Gasteiger partial charge on any atom is -0.295 e. The van der Waals surface area contributed by atoms with Gasteiger partial charge in [-0.1, -0.05) is 35.9 Å². The van der Waals surface area contributed by atoms with Crippen molar-refractivity contribution in [2.45, 2.75) is 6.92 Å². The third-order valence-electron chi connectivity index (χ3n) is 4.04. The van der Waals surface area contributed by atoms with Crippen LogP contribution in [-0.4, -0.2) is 16.0 Å². The van der Waals surface area contributed by atoms with Crippen LogP contribution in [0.5, 0.6) is 0 Å². The summed E-state index contributed by atoms with van der Waals surface area (Å²) in [6, 6.07) is 15.1. The van der Waals surface area contributed by atoms with Gasteiger partial charge in [-0.25, -0.2) is 4.68 Å². The van der Waals surface area contributed by atoms with Crippen LogP contribution in [0, 0.1) is 6.92 Å². The van der Waals surface area contributed by atoms with E-state index in [0.717, 1.165) is 22.5 Å². The summed E-state index contributed by atoms with van der Waals surface area (Å²) in [5.41, 5.74) is 4.90. The van der Waals surface area contributed by atoms with E-state index in [1.54, 1.807) is 18.3 Å². The number of nitrogens with zero attached hydrogens (tertiary/aromatic N) is 2. The van der Waals surface area contributed by atoms with Gasteiger partial charge in [0.25, 0.3) is 5.56 Å². The van der Waals surface area contributed by atoms with Crippen molar-refractivity contribution >= 4 is 35.2 Å². The molecule has 0 atom stereocenters. The molecule has 0 aliphatic carbocycles. The molecule has 1 aliphatic rings. The van der Waals surface area contributed by atoms with Gasteiger partial charge in [0, 0.05) is 28.1 Å². The van der Waals surface area contributed by atoms with Crippen LogP contribution in [0.15, 0.2) is 58.3 Å². The SMILES string of the molecule is Cc1[nH]n(-c2cccc(Cl)c2)c(=O)c1C=C1C=Nc2ccccc21. The highest BCUT2D eigenvalue weighted by Gasteiger charge is 2.15. The van der Waals surface area contributed by atoms with Crippen molar-refractivity contribution in [3.8, 4) is 5.69 Å². The second-order valence-corrected chi connectivity index (χ2v) is 6.08. The number of halogens is 1. The number of benzene rings is 2. The maximum Gasteiger partial charge on any atom is 0.278 e. The van der Waals surface area contributed by atoms with Crippen molar-refractivity contribution in [1.29, 1.82) is 0 Å². The number of fused-ring (bicyclic) bond motifs is 1. The standard InChI is InChI=1S/C19H14ClN3O/c1-12-17(9-13-11-21-18-8-3-2-7-16(13)18)19(24)23(22-12)15-6-4-5-14(20)10-15/h2-11,22H,1H3. The molecule has 0 spiro atoms. The van der Waals surface area contributed by atoms with Gasteiger partial charge in [-0.2, -0.15) is 0 Å². The highest BCUT2D eigenvalue weighted by atomic mass is 35.5. The van der Waals surface area contributed by atoms with Gasteiger partial charge in [0.05, 0.1) is 16.9 Å². The molecule has 0 fully saturated rings. The van der Waals surface area contributed by atoms with Gasteiger partial charge in [0.2, 0.25) is 0 Å². The number of aromatic amines is 1. The number of hydrogen-bond acceptors (Lipinski definition) is 2. The summed E-state index contributed by atoms with van der Waals surface area (Å²) in [5, 5.41) is 3.70. The van der Waals surface area contributed by atoms with E-state index in [9.17, 15) is 4.79 Å². The highest BCUT2D eigenvalue weighted by Crippen LogP contribution is 2.32. The Labute approximate surface area is 143 Å². The number of para-hydroxylation sites is 1. The molecule has 0 radical (unpaired) electrons. The van der Waals surface area contributed by atoms with Crippen molar-refractivity contribution in [2.75, 3.05) is 0 Å². The fourth-order valence-corrected chi connectivity index (χ4v) is 3.02. The van der Waals surface area contributed by atoms with Gasteiger partial charge < -0.3 is 0 Å². The topological polar surface area (TPSA) is 50.1 Å². The van der Waals surface area contributed by atoms with E-state index < -0.39 is 0 Å². The van der Waals surface area contributed by atoms with Gasteiger partial charge in [0.15, 0.2) is 0 Å². The molecule has 4 rings (SSSR count). The minimum absolute atomic E-state index is 0.111. The van der Waals surface area contributed by atoms with E-state index in [1.807, 2.05) is 49.4 Å². The van der Waals surface area contributed by atoms with Crippen molar-refractivity contribution in [2.24, 2.45) is 4.99 Å². The summed E-state index contributed by atoms with van der Waals surface area (Å²) in [5.74, 6) is 0. The second kappa shape index (κ2) is 5.65. The Balaban J connectivity index is 1.83. The Bertz CT molecular complexity index is 1060. The zero-order valence-corrected chi connectivity index (χ0v) is 13.7. The number of aromatic nitrogens is 2. The van der Waals surface area contributed by atoms with Crippen LogP contribution in [0.2, 0.25) is 5.02 Å². The van der Waals surface area contributed by atoms with Gasteiger partial charge in [-0.3, -0.25) is 14.9 Å². The fraction of sp³-hybridized carbons (Fsp3) is 0.0526. The summed E-state index contributed by atoms with van der Waals surface area (Å²) in [6.45, 7) is 1.88. The molecule has 2 aromatic carbocycles. The number of hydrogen-bond donors (Lipinski definition) is 1. The molecular formula is C19H14ClN3O. The molecule has 1 aromatic heterocycles. The van der Waals surface area contributed by atoms with Gasteiger partial charge >= 0.3 is 0 Å². The number of rotatable bonds is 2. The average Bonchev–Trinajstić information content (AvgIpc) is 3.11. The molecule has 0 saturated carbocycles. The van der Waals surface area contributed by atoms with Crippen LogP contribution in [0.1, 0.15) is 16.8 Å². The maximum atomic E-state index is 12.8. The summed E-state index contributed by atoms with van der Waals surface area (Å²) < 4.78 is 1.51. The summed E-state index contributed by atoms with van der Waals surface area (Å²) in [7, 11) is 0. The number of aryl methyl sites for hydroxylation is 1. The zero-order chi connectivity index (χ0) is 16.7. The second-order valence-electron chi connectivity index (χ2n) is 5.65. The molecular weight excluding hydrogens is 322 g/mol. The van der Waals surface area contributed by atoms with Gasteiger partial charge in [0.1, 0.15) is 0 Å². The molecule has 4 nitrogen and oxygen atoms in total. The van der Waals surface area contributed by atoms with Gasteiger partial charge in [-0.05, 0) is 37.3 Å². The lowest BCUT2D eigenvalue weighted by Crippen LogP contribution is -2.15. The number of H-pyrrole nitrogens is 1. The molecule has 1 aliphatic heterocycles. The van der Waals surface area contributed by atoms with Crippen molar-refractivity contribution in [3.63, 3.8) is 0 Å². The predicted molar refractivity (Wildman–Crippen MR) is 98.6 cm³/mol. The minimum atomic E-state index is -0.111. The Morgan fingerprint density at radius 2 is 2.00 bits per heavy atom. The van der Waals surface area contributed by atoms with Crippen molar-refractivity contribution < 1.29 is 0 Å². The van der Waals surface area contributed by atoms with Crippen LogP contribution in [-0.2, 0) is 0 Å². The first-order chi connectivity index (χ1) is 11.6. The van der Waals surface area contributed by atoms with E-state index >= 15 is 0 Å². The molecule has 2 heterocycles. The van der Waals surface area contributed by atoms with Crippen LogP contribution in [0.4, 0.5) is 5.69 Å². The van der Waals surface area contributed by atoms with Crippen molar-refractivity contribution in [3.05, 3.63) is 80.7 Å². The quantitative estimate of drug-likeness (QED) is 0.742. The third kappa shape index (κ3) is 2.41. The largest absolute Gasteiger partial charge is 0.295 e. The molecule has 118 valence electrons. The lowest BCUT2D eigenvalue weighted by atomic mass is 10.0. The zero-order valence-electron chi connectivity index (χ0n) is 13.0. The van der Waals surface area contributed by atoms with Crippen LogP contribution < -0.4 is 5.56 Å². The molecule has 1 N–H and O–H groups in total. The lowest BCUT2D eigenvalue weighted by molar-refractivity contribution is 0.835. The van der Waals surface area contributed by atoms with E-state index in [0.29, 0.717) is 16.3 Å². The number of nitrogens with one attached hydrogen (secondary N) is 1. The molecule has 3 aromatic rings. The average molecular weight is 336 g/mol. The Morgan fingerprint density at radius 3 is 2.83 bits per heavy atom. The Kier molecular flexibility index (Phi) is 3.47. The molecule has 5 heteroatoms. The maximum absolute atomic E-state index is 12.8. The summed E-state index contributed by atoms with van der Waals surface area (Å²) in [4.78, 5) is 17.2. The smallest absolute Gasteiger partial charge is 0.278 e. The number of allylic oxidation sites excluding steroid dienone is 1. The summed E-state index contributed by atoms with van der Waals surface area (Å²) >= 11 is 6.03. The summed E-state index contributed by atoms with van der Waals surface area (Å²) in [6.07, 6.45) is 3.67. The first-order valence-electron chi connectivity index (χ1n) is 7.56. The molecule has 0 bridgehead atoms. The normalized spacial score (nSPS) is 14.3. The fourth-order valence-electron chi connectivity index (χ4n) is 2.84. The monoisotopic (exact) mass is 335 g/mol. The third-order valence-corrected chi connectivity index (χ3v) is 4.28.